The van der Waals surface area contributed by atoms with Gasteiger partial charge < -0.3 is 20.7 Å². The molecule has 0 fully saturated rings. The molecule has 0 saturated carbocycles. The van der Waals surface area contributed by atoms with Crippen molar-refractivity contribution in [2.45, 2.75) is 26.5 Å². The summed E-state index contributed by atoms with van der Waals surface area (Å²) in [5.74, 6) is 0.0114. The number of aliphatic hydroxyl groups is 2. The van der Waals surface area contributed by atoms with Crippen LogP contribution in [0.2, 0.25) is 0 Å². The second-order valence-electron chi connectivity index (χ2n) is 5.33. The molecule has 1 rings (SSSR count). The second kappa shape index (κ2) is 6.83. The van der Waals surface area contributed by atoms with E-state index in [0.29, 0.717) is 6.42 Å². The Morgan fingerprint density at radius 1 is 1.55 bits per heavy atom. The second-order valence-corrected chi connectivity index (χ2v) is 5.33. The molecule has 0 saturated heterocycles. The predicted molar refractivity (Wildman–Crippen MR) is 75.0 cm³/mol. The maximum atomic E-state index is 11.8. The van der Waals surface area contributed by atoms with E-state index in [4.69, 9.17) is 10.5 Å². The Labute approximate surface area is 118 Å². The number of hydrogen-bond acceptors (Lipinski definition) is 6. The summed E-state index contributed by atoms with van der Waals surface area (Å²) >= 11 is 0. The number of nitrogen functional groups attached to an aromatic ring is 1. The summed E-state index contributed by atoms with van der Waals surface area (Å²) in [5, 5.41) is 18.9. The van der Waals surface area contributed by atoms with Gasteiger partial charge in [0, 0.05) is 32.9 Å². The number of methoxy groups -OCH3 is 1. The van der Waals surface area contributed by atoms with Gasteiger partial charge >= 0.3 is 5.69 Å². The van der Waals surface area contributed by atoms with E-state index >= 15 is 0 Å². The van der Waals surface area contributed by atoms with Crippen LogP contribution in [0.3, 0.4) is 0 Å². The van der Waals surface area contributed by atoms with E-state index in [-0.39, 0.29) is 24.9 Å². The lowest BCUT2D eigenvalue weighted by molar-refractivity contribution is -0.0431. The molecule has 1 aromatic heterocycles. The summed E-state index contributed by atoms with van der Waals surface area (Å²) in [4.78, 5) is 15.5. The molecule has 7 nitrogen and oxygen atoms in total. The standard InChI is InChI=1S/C13H23N3O4/c1-9(7-17)13(2,8-18)6-11(20-3)16-5-4-10(14)15-12(16)19/h4-5,9,11,17-18H,6-8H2,1-3H3,(H2,14,15,19). The lowest BCUT2D eigenvalue weighted by Gasteiger charge is -2.36. The first-order valence-electron chi connectivity index (χ1n) is 6.47. The third-order valence-corrected chi connectivity index (χ3v) is 3.90. The summed E-state index contributed by atoms with van der Waals surface area (Å²) in [7, 11) is 1.48. The van der Waals surface area contributed by atoms with Crippen LogP contribution in [0.1, 0.15) is 26.5 Å². The third kappa shape index (κ3) is 3.56. The van der Waals surface area contributed by atoms with E-state index in [0.717, 1.165) is 0 Å². The van der Waals surface area contributed by atoms with Gasteiger partial charge in [-0.2, -0.15) is 4.98 Å². The van der Waals surface area contributed by atoms with Crippen LogP contribution in [-0.4, -0.2) is 40.1 Å². The van der Waals surface area contributed by atoms with Gasteiger partial charge in [-0.25, -0.2) is 4.79 Å². The van der Waals surface area contributed by atoms with Crippen LogP contribution in [0.15, 0.2) is 17.1 Å². The Balaban J connectivity index is 3.04. The molecule has 7 heteroatoms. The smallest absolute Gasteiger partial charge is 0.351 e. The lowest BCUT2D eigenvalue weighted by atomic mass is 9.76. The number of anilines is 1. The van der Waals surface area contributed by atoms with Gasteiger partial charge in [-0.15, -0.1) is 0 Å². The zero-order valence-electron chi connectivity index (χ0n) is 12.1. The number of aromatic nitrogens is 2. The molecule has 1 aromatic rings. The topological polar surface area (TPSA) is 111 Å². The Morgan fingerprint density at radius 3 is 2.65 bits per heavy atom. The van der Waals surface area contributed by atoms with E-state index in [1.807, 2.05) is 13.8 Å². The number of ether oxygens (including phenoxy) is 1. The predicted octanol–water partition coefficient (Wildman–Crippen LogP) is -0.0124. The van der Waals surface area contributed by atoms with Gasteiger partial charge in [0.25, 0.3) is 0 Å². The molecule has 1 heterocycles. The fourth-order valence-electron chi connectivity index (χ4n) is 1.98. The molecule has 4 N–H and O–H groups in total. The van der Waals surface area contributed by atoms with E-state index in [1.54, 1.807) is 0 Å². The molecule has 3 atom stereocenters. The first-order valence-corrected chi connectivity index (χ1v) is 6.47. The van der Waals surface area contributed by atoms with Crippen LogP contribution in [0, 0.1) is 11.3 Å². The van der Waals surface area contributed by atoms with Crippen molar-refractivity contribution in [1.29, 1.82) is 0 Å². The molecule has 0 spiro atoms. The minimum absolute atomic E-state index is 0.0532. The minimum atomic E-state index is -0.582. The quantitative estimate of drug-likeness (QED) is 0.649. The van der Waals surface area contributed by atoms with Crippen molar-refractivity contribution in [3.8, 4) is 0 Å². The Morgan fingerprint density at radius 2 is 2.20 bits per heavy atom. The number of nitrogens with zero attached hydrogens (tertiary/aromatic N) is 2. The van der Waals surface area contributed by atoms with E-state index in [9.17, 15) is 15.0 Å². The third-order valence-electron chi connectivity index (χ3n) is 3.90. The fourth-order valence-corrected chi connectivity index (χ4v) is 1.98. The van der Waals surface area contributed by atoms with Crippen LogP contribution in [-0.2, 0) is 4.74 Å². The first-order chi connectivity index (χ1) is 9.37. The van der Waals surface area contributed by atoms with E-state index < -0.39 is 17.3 Å². The molecular formula is C13H23N3O4. The van der Waals surface area contributed by atoms with Crippen LogP contribution in [0.25, 0.3) is 0 Å². The van der Waals surface area contributed by atoms with Crippen LogP contribution in [0.5, 0.6) is 0 Å². The molecule has 3 unspecified atom stereocenters. The highest BCUT2D eigenvalue weighted by Crippen LogP contribution is 2.35. The van der Waals surface area contributed by atoms with Crippen molar-refractivity contribution >= 4 is 5.82 Å². The average Bonchev–Trinajstić information content (AvgIpc) is 2.44. The molecule has 114 valence electrons. The Bertz CT molecular complexity index is 491. The fraction of sp³-hybridized carbons (Fsp3) is 0.692. The van der Waals surface area contributed by atoms with Crippen molar-refractivity contribution in [2.75, 3.05) is 26.1 Å². The van der Waals surface area contributed by atoms with Gasteiger partial charge in [0.05, 0.1) is 0 Å². The largest absolute Gasteiger partial charge is 0.396 e. The van der Waals surface area contributed by atoms with Gasteiger partial charge in [0.2, 0.25) is 0 Å². The van der Waals surface area contributed by atoms with E-state index in [2.05, 4.69) is 4.98 Å². The molecule has 0 aliphatic carbocycles. The van der Waals surface area contributed by atoms with Crippen molar-refractivity contribution in [1.82, 2.24) is 9.55 Å². The maximum Gasteiger partial charge on any atom is 0.351 e. The summed E-state index contributed by atoms with van der Waals surface area (Å²) in [6.07, 6.45) is 1.30. The molecule has 0 aliphatic rings. The first kappa shape index (κ1) is 16.6. The lowest BCUT2D eigenvalue weighted by Crippen LogP contribution is -2.37. The zero-order chi connectivity index (χ0) is 15.3. The van der Waals surface area contributed by atoms with Crippen molar-refractivity contribution < 1.29 is 14.9 Å². The number of rotatable bonds is 7. The molecule has 0 bridgehead atoms. The van der Waals surface area contributed by atoms with Gasteiger partial charge in [-0.1, -0.05) is 13.8 Å². The summed E-state index contributed by atoms with van der Waals surface area (Å²) in [5.41, 5.74) is 4.38. The van der Waals surface area contributed by atoms with Gasteiger partial charge in [-0.3, -0.25) is 4.57 Å². The Kier molecular flexibility index (Phi) is 5.67. The van der Waals surface area contributed by atoms with Gasteiger partial charge in [-0.05, 0) is 17.4 Å². The van der Waals surface area contributed by atoms with Gasteiger partial charge in [0.1, 0.15) is 12.0 Å². The number of aliphatic hydroxyl groups excluding tert-OH is 2. The normalized spacial score (nSPS) is 17.4. The number of nitrogens with two attached hydrogens (primary N) is 1. The molecule has 0 aliphatic heterocycles. The summed E-state index contributed by atoms with van der Waals surface area (Å²) in [6.45, 7) is 3.51. The number of hydrogen-bond donors (Lipinski definition) is 3. The summed E-state index contributed by atoms with van der Waals surface area (Å²) in [6, 6.07) is 1.51. The summed E-state index contributed by atoms with van der Waals surface area (Å²) < 4.78 is 6.67. The molecule has 0 radical (unpaired) electrons. The van der Waals surface area contributed by atoms with Crippen molar-refractivity contribution in [3.05, 3.63) is 22.7 Å². The van der Waals surface area contributed by atoms with Crippen molar-refractivity contribution in [2.24, 2.45) is 11.3 Å². The molecule has 0 amide bonds. The zero-order valence-corrected chi connectivity index (χ0v) is 12.1. The highest BCUT2D eigenvalue weighted by Gasteiger charge is 2.34. The van der Waals surface area contributed by atoms with E-state index in [1.165, 1.54) is 23.9 Å². The van der Waals surface area contributed by atoms with Gasteiger partial charge in [0.15, 0.2) is 0 Å². The van der Waals surface area contributed by atoms with Crippen LogP contribution >= 0.6 is 0 Å². The SMILES string of the molecule is COC(CC(C)(CO)C(C)CO)n1ccc(N)nc1=O. The van der Waals surface area contributed by atoms with Crippen LogP contribution < -0.4 is 11.4 Å². The highest BCUT2D eigenvalue weighted by atomic mass is 16.5. The average molecular weight is 285 g/mol. The molecule has 0 aromatic carbocycles. The molecular weight excluding hydrogens is 262 g/mol. The Hall–Kier alpha value is -1.44. The highest BCUT2D eigenvalue weighted by molar-refractivity contribution is 5.23. The monoisotopic (exact) mass is 285 g/mol. The van der Waals surface area contributed by atoms with Crippen LogP contribution in [0.4, 0.5) is 5.82 Å². The maximum absolute atomic E-state index is 11.8. The minimum Gasteiger partial charge on any atom is -0.396 e. The molecule has 20 heavy (non-hydrogen) atoms. The van der Waals surface area contributed by atoms with Crippen molar-refractivity contribution in [3.63, 3.8) is 0 Å².